The molecule has 0 radical (unpaired) electrons. The van der Waals surface area contributed by atoms with Crippen LogP contribution in [0.2, 0.25) is 0 Å². The fourth-order valence-corrected chi connectivity index (χ4v) is 4.30. The molecule has 0 aromatic carbocycles. The normalized spacial score (nSPS) is 33.8. The fourth-order valence-electron chi connectivity index (χ4n) is 4.30. The van der Waals surface area contributed by atoms with E-state index >= 15 is 0 Å². The van der Waals surface area contributed by atoms with Crippen LogP contribution in [0.1, 0.15) is 65.2 Å². The molecule has 1 aliphatic heterocycles. The highest BCUT2D eigenvalue weighted by Gasteiger charge is 2.35. The zero-order valence-electron chi connectivity index (χ0n) is 13.6. The smallest absolute Gasteiger partial charge is 0.0249 e. The second-order valence-corrected chi connectivity index (χ2v) is 7.95. The van der Waals surface area contributed by atoms with E-state index in [0.29, 0.717) is 6.04 Å². The van der Waals surface area contributed by atoms with Gasteiger partial charge in [-0.2, -0.15) is 0 Å². The zero-order valence-corrected chi connectivity index (χ0v) is 13.6. The largest absolute Gasteiger partial charge is 0.311 e. The molecule has 20 heavy (non-hydrogen) atoms. The average Bonchev–Trinajstić information content (AvgIpc) is 3.30. The van der Waals surface area contributed by atoms with Gasteiger partial charge in [-0.3, -0.25) is 4.90 Å². The molecule has 2 aliphatic carbocycles. The van der Waals surface area contributed by atoms with Crippen molar-refractivity contribution in [1.82, 2.24) is 10.2 Å². The second-order valence-electron chi connectivity index (χ2n) is 7.95. The van der Waals surface area contributed by atoms with Gasteiger partial charge in [0.15, 0.2) is 0 Å². The van der Waals surface area contributed by atoms with Crippen molar-refractivity contribution in [1.29, 1.82) is 0 Å². The van der Waals surface area contributed by atoms with Crippen molar-refractivity contribution in [2.75, 3.05) is 19.6 Å². The lowest BCUT2D eigenvalue weighted by Gasteiger charge is -2.46. The Kier molecular flexibility index (Phi) is 5.04. The molecule has 0 spiro atoms. The van der Waals surface area contributed by atoms with E-state index < -0.39 is 0 Å². The van der Waals surface area contributed by atoms with Crippen LogP contribution in [-0.4, -0.2) is 36.6 Å². The summed E-state index contributed by atoms with van der Waals surface area (Å²) >= 11 is 0. The first-order valence-corrected chi connectivity index (χ1v) is 9.21. The molecular formula is C18H34N2. The maximum absolute atomic E-state index is 3.86. The predicted molar refractivity (Wildman–Crippen MR) is 85.9 cm³/mol. The Bertz CT molecular complexity index is 292. The minimum atomic E-state index is 0.717. The lowest BCUT2D eigenvalue weighted by molar-refractivity contribution is 0.0594. The van der Waals surface area contributed by atoms with E-state index in [1.54, 1.807) is 0 Å². The molecule has 1 heterocycles. The van der Waals surface area contributed by atoms with E-state index in [-0.39, 0.29) is 0 Å². The van der Waals surface area contributed by atoms with Crippen LogP contribution < -0.4 is 5.32 Å². The van der Waals surface area contributed by atoms with Gasteiger partial charge < -0.3 is 5.32 Å². The Labute approximate surface area is 125 Å². The summed E-state index contributed by atoms with van der Waals surface area (Å²) in [5, 5.41) is 3.86. The Balaban J connectivity index is 1.59. The topological polar surface area (TPSA) is 15.3 Å². The van der Waals surface area contributed by atoms with Crippen LogP contribution in [0.4, 0.5) is 0 Å². The summed E-state index contributed by atoms with van der Waals surface area (Å²) in [6, 6.07) is 1.55. The molecule has 2 heteroatoms. The van der Waals surface area contributed by atoms with Gasteiger partial charge in [-0.1, -0.05) is 46.0 Å². The molecule has 0 amide bonds. The van der Waals surface area contributed by atoms with Gasteiger partial charge in [0, 0.05) is 25.2 Å². The highest BCUT2D eigenvalue weighted by molar-refractivity contribution is 4.92. The fraction of sp³-hybridized carbons (Fsp3) is 1.00. The molecule has 3 aliphatic rings. The van der Waals surface area contributed by atoms with Crippen molar-refractivity contribution < 1.29 is 0 Å². The summed E-state index contributed by atoms with van der Waals surface area (Å²) in [5.41, 5.74) is 0. The highest BCUT2D eigenvalue weighted by atomic mass is 15.2. The molecule has 2 unspecified atom stereocenters. The van der Waals surface area contributed by atoms with Gasteiger partial charge in [0.2, 0.25) is 0 Å². The molecule has 2 saturated carbocycles. The van der Waals surface area contributed by atoms with Gasteiger partial charge in [-0.15, -0.1) is 0 Å². The first-order chi connectivity index (χ1) is 9.74. The number of nitrogens with zero attached hydrogens (tertiary/aromatic N) is 1. The maximum Gasteiger partial charge on any atom is 0.0249 e. The second kappa shape index (κ2) is 6.79. The summed E-state index contributed by atoms with van der Waals surface area (Å²) in [6.07, 6.45) is 11.9. The molecule has 0 aromatic rings. The van der Waals surface area contributed by atoms with Gasteiger partial charge in [-0.25, -0.2) is 0 Å². The van der Waals surface area contributed by atoms with Crippen molar-refractivity contribution in [2.24, 2.45) is 17.8 Å². The molecule has 3 fully saturated rings. The Morgan fingerprint density at radius 3 is 2.45 bits per heavy atom. The van der Waals surface area contributed by atoms with E-state index in [1.165, 1.54) is 71.0 Å². The third-order valence-electron chi connectivity index (χ3n) is 6.01. The number of rotatable bonds is 5. The quantitative estimate of drug-likeness (QED) is 0.825. The van der Waals surface area contributed by atoms with Gasteiger partial charge in [0.1, 0.15) is 0 Å². The van der Waals surface area contributed by atoms with Crippen LogP contribution in [-0.2, 0) is 0 Å². The molecule has 0 aromatic heterocycles. The maximum atomic E-state index is 3.86. The lowest BCUT2D eigenvalue weighted by Crippen LogP contribution is -2.60. The van der Waals surface area contributed by atoms with Crippen LogP contribution in [0.3, 0.4) is 0 Å². The Hall–Kier alpha value is -0.0800. The monoisotopic (exact) mass is 278 g/mol. The number of nitrogens with one attached hydrogen (secondary N) is 1. The Morgan fingerprint density at radius 2 is 1.80 bits per heavy atom. The van der Waals surface area contributed by atoms with Crippen molar-refractivity contribution in [3.63, 3.8) is 0 Å². The van der Waals surface area contributed by atoms with Crippen molar-refractivity contribution in [3.8, 4) is 0 Å². The van der Waals surface area contributed by atoms with Gasteiger partial charge in [0.05, 0.1) is 0 Å². The van der Waals surface area contributed by atoms with Crippen LogP contribution in [0.5, 0.6) is 0 Å². The summed E-state index contributed by atoms with van der Waals surface area (Å²) in [7, 11) is 0. The van der Waals surface area contributed by atoms with Crippen LogP contribution in [0.15, 0.2) is 0 Å². The SMILES string of the molecule is CC(C)C1CN(CCC2CC2)C(C2CCCCC2)CN1. The van der Waals surface area contributed by atoms with Gasteiger partial charge >= 0.3 is 0 Å². The zero-order chi connectivity index (χ0) is 13.9. The molecule has 1 saturated heterocycles. The van der Waals surface area contributed by atoms with Crippen molar-refractivity contribution in [2.45, 2.75) is 77.3 Å². The highest BCUT2D eigenvalue weighted by Crippen LogP contribution is 2.35. The first-order valence-electron chi connectivity index (χ1n) is 9.21. The average molecular weight is 278 g/mol. The molecule has 2 nitrogen and oxygen atoms in total. The number of hydrogen-bond acceptors (Lipinski definition) is 2. The number of hydrogen-bond donors (Lipinski definition) is 1. The first kappa shape index (κ1) is 14.8. The summed E-state index contributed by atoms with van der Waals surface area (Å²) in [6.45, 7) is 8.66. The van der Waals surface area contributed by atoms with E-state index in [4.69, 9.17) is 0 Å². The van der Waals surface area contributed by atoms with Crippen LogP contribution >= 0.6 is 0 Å². The molecular weight excluding hydrogens is 244 g/mol. The molecule has 116 valence electrons. The minimum absolute atomic E-state index is 0.717. The predicted octanol–water partition coefficient (Wildman–Crippen LogP) is 3.67. The Morgan fingerprint density at radius 1 is 1.05 bits per heavy atom. The van der Waals surface area contributed by atoms with Crippen molar-refractivity contribution >= 4 is 0 Å². The molecule has 2 atom stereocenters. The summed E-state index contributed by atoms with van der Waals surface area (Å²) < 4.78 is 0. The lowest BCUT2D eigenvalue weighted by atomic mass is 9.81. The van der Waals surface area contributed by atoms with E-state index in [1.807, 2.05) is 0 Å². The van der Waals surface area contributed by atoms with Crippen molar-refractivity contribution in [3.05, 3.63) is 0 Å². The van der Waals surface area contributed by atoms with E-state index in [2.05, 4.69) is 24.1 Å². The van der Waals surface area contributed by atoms with Crippen LogP contribution in [0, 0.1) is 17.8 Å². The molecule has 1 N–H and O–H groups in total. The third kappa shape index (κ3) is 3.76. The van der Waals surface area contributed by atoms with Gasteiger partial charge in [0.25, 0.3) is 0 Å². The van der Waals surface area contributed by atoms with E-state index in [9.17, 15) is 0 Å². The number of piperazine rings is 1. The van der Waals surface area contributed by atoms with Crippen LogP contribution in [0.25, 0.3) is 0 Å². The molecule has 3 rings (SSSR count). The standard InChI is InChI=1S/C18H34N2/c1-14(2)17-13-20(11-10-15-8-9-15)18(12-19-17)16-6-4-3-5-7-16/h14-19H,3-13H2,1-2H3. The summed E-state index contributed by atoms with van der Waals surface area (Å²) in [5.74, 6) is 2.82. The molecule has 0 bridgehead atoms. The summed E-state index contributed by atoms with van der Waals surface area (Å²) in [4.78, 5) is 2.88. The minimum Gasteiger partial charge on any atom is -0.311 e. The third-order valence-corrected chi connectivity index (χ3v) is 6.01. The van der Waals surface area contributed by atoms with Gasteiger partial charge in [-0.05, 0) is 43.6 Å². The van der Waals surface area contributed by atoms with E-state index in [0.717, 1.165) is 23.8 Å².